The van der Waals surface area contributed by atoms with Crippen LogP contribution in [0.2, 0.25) is 0 Å². The molecule has 0 aliphatic heterocycles. The summed E-state index contributed by atoms with van der Waals surface area (Å²) in [5.41, 5.74) is 2.17. The van der Waals surface area contributed by atoms with Gasteiger partial charge in [0.15, 0.2) is 11.5 Å². The molecule has 0 aliphatic carbocycles. The Kier molecular flexibility index (Phi) is 2.83. The second kappa shape index (κ2) is 4.28. The Morgan fingerprint density at radius 2 is 2.06 bits per heavy atom. The fourth-order valence-electron chi connectivity index (χ4n) is 1.40. The van der Waals surface area contributed by atoms with Crippen molar-refractivity contribution in [2.75, 3.05) is 0 Å². The molecule has 2 aromatic rings. The molecule has 0 radical (unpaired) electrons. The van der Waals surface area contributed by atoms with E-state index in [-0.39, 0.29) is 12.4 Å². The Morgan fingerprint density at radius 1 is 1.38 bits per heavy atom. The van der Waals surface area contributed by atoms with Crippen LogP contribution in [0.3, 0.4) is 0 Å². The van der Waals surface area contributed by atoms with Crippen molar-refractivity contribution >= 4 is 5.78 Å². The second-order valence-corrected chi connectivity index (χ2v) is 3.47. The summed E-state index contributed by atoms with van der Waals surface area (Å²) in [4.78, 5) is 11.1. The molecule has 1 aromatic heterocycles. The van der Waals surface area contributed by atoms with Gasteiger partial charge in [-0.2, -0.15) is 0 Å². The van der Waals surface area contributed by atoms with Crippen molar-refractivity contribution in [3.63, 3.8) is 0 Å². The highest BCUT2D eigenvalue weighted by molar-refractivity contribution is 5.94. The van der Waals surface area contributed by atoms with Crippen LogP contribution in [0.5, 0.6) is 0 Å². The van der Waals surface area contributed by atoms with Gasteiger partial charge < -0.3 is 9.63 Å². The van der Waals surface area contributed by atoms with E-state index in [4.69, 9.17) is 9.63 Å². The van der Waals surface area contributed by atoms with Gasteiger partial charge in [-0.15, -0.1) is 0 Å². The number of aliphatic hydroxyl groups excluding tert-OH is 1. The van der Waals surface area contributed by atoms with E-state index >= 15 is 0 Å². The lowest BCUT2D eigenvalue weighted by atomic mass is 10.1. The Labute approximate surface area is 92.5 Å². The minimum absolute atomic E-state index is 0.0303. The molecule has 0 fully saturated rings. The average molecular weight is 217 g/mol. The third-order valence-electron chi connectivity index (χ3n) is 2.30. The first-order chi connectivity index (χ1) is 7.70. The van der Waals surface area contributed by atoms with Gasteiger partial charge in [-0.05, 0) is 6.92 Å². The molecule has 4 nitrogen and oxygen atoms in total. The van der Waals surface area contributed by atoms with Gasteiger partial charge in [0, 0.05) is 17.2 Å². The van der Waals surface area contributed by atoms with Gasteiger partial charge >= 0.3 is 0 Å². The predicted octanol–water partition coefficient (Wildman–Crippen LogP) is 2.04. The molecule has 82 valence electrons. The molecule has 2 rings (SSSR count). The average Bonchev–Trinajstić information content (AvgIpc) is 2.77. The van der Waals surface area contributed by atoms with Crippen molar-refractivity contribution in [2.45, 2.75) is 13.5 Å². The molecule has 16 heavy (non-hydrogen) atoms. The minimum atomic E-state index is -0.168. The Hall–Kier alpha value is -1.94. The lowest BCUT2D eigenvalue weighted by Gasteiger charge is -1.97. The third-order valence-corrected chi connectivity index (χ3v) is 2.30. The summed E-state index contributed by atoms with van der Waals surface area (Å²) in [7, 11) is 0. The van der Waals surface area contributed by atoms with E-state index in [0.717, 1.165) is 5.56 Å². The number of aliphatic hydroxyl groups is 1. The molecule has 0 saturated heterocycles. The molecule has 0 spiro atoms. The topological polar surface area (TPSA) is 63.3 Å². The highest BCUT2D eigenvalue weighted by Crippen LogP contribution is 2.19. The number of hydrogen-bond acceptors (Lipinski definition) is 4. The van der Waals surface area contributed by atoms with Crippen LogP contribution in [0, 0.1) is 0 Å². The van der Waals surface area contributed by atoms with Crippen LogP contribution in [0.4, 0.5) is 0 Å². The Bertz CT molecular complexity index is 499. The van der Waals surface area contributed by atoms with Gasteiger partial charge in [0.1, 0.15) is 12.3 Å². The fourth-order valence-corrected chi connectivity index (χ4v) is 1.40. The highest BCUT2D eigenvalue weighted by atomic mass is 16.5. The largest absolute Gasteiger partial charge is 0.388 e. The molecule has 0 saturated carbocycles. The summed E-state index contributed by atoms with van der Waals surface area (Å²) in [6.07, 6.45) is 0. The standard InChI is InChI=1S/C12H11NO3/c1-8(15)9-2-4-10(5-3-9)12-6-11(7-14)16-13-12/h2-6,14H,7H2,1H3. The number of rotatable bonds is 3. The summed E-state index contributed by atoms with van der Waals surface area (Å²) in [6.45, 7) is 1.35. The third kappa shape index (κ3) is 2.01. The monoisotopic (exact) mass is 217 g/mol. The molecule has 4 heteroatoms. The van der Waals surface area contributed by atoms with Gasteiger partial charge in [0.25, 0.3) is 0 Å². The molecule has 1 heterocycles. The molecule has 0 amide bonds. The van der Waals surface area contributed by atoms with Crippen LogP contribution in [0.25, 0.3) is 11.3 Å². The van der Waals surface area contributed by atoms with E-state index in [9.17, 15) is 4.79 Å². The van der Waals surface area contributed by atoms with Crippen molar-refractivity contribution in [3.05, 3.63) is 41.7 Å². The van der Waals surface area contributed by atoms with E-state index in [1.54, 1.807) is 30.3 Å². The van der Waals surface area contributed by atoms with Crippen molar-refractivity contribution in [2.24, 2.45) is 0 Å². The second-order valence-electron chi connectivity index (χ2n) is 3.47. The van der Waals surface area contributed by atoms with Crippen molar-refractivity contribution in [1.29, 1.82) is 0 Å². The molecule has 1 N–H and O–H groups in total. The van der Waals surface area contributed by atoms with Crippen LogP contribution in [-0.4, -0.2) is 16.0 Å². The van der Waals surface area contributed by atoms with Crippen LogP contribution in [0.15, 0.2) is 34.9 Å². The minimum Gasteiger partial charge on any atom is -0.388 e. The lowest BCUT2D eigenvalue weighted by molar-refractivity contribution is 0.101. The summed E-state index contributed by atoms with van der Waals surface area (Å²) in [5, 5.41) is 12.6. The van der Waals surface area contributed by atoms with Crippen LogP contribution >= 0.6 is 0 Å². The molecular formula is C12H11NO3. The lowest BCUT2D eigenvalue weighted by Crippen LogP contribution is -1.90. The van der Waals surface area contributed by atoms with E-state index in [0.29, 0.717) is 17.0 Å². The van der Waals surface area contributed by atoms with Gasteiger partial charge in [0.2, 0.25) is 0 Å². The summed E-state index contributed by atoms with van der Waals surface area (Å²) >= 11 is 0. The van der Waals surface area contributed by atoms with E-state index in [2.05, 4.69) is 5.16 Å². The van der Waals surface area contributed by atoms with Crippen molar-refractivity contribution in [1.82, 2.24) is 5.16 Å². The maximum Gasteiger partial charge on any atom is 0.162 e. The van der Waals surface area contributed by atoms with Gasteiger partial charge in [-0.25, -0.2) is 0 Å². The highest BCUT2D eigenvalue weighted by Gasteiger charge is 2.06. The van der Waals surface area contributed by atoms with E-state index in [1.165, 1.54) is 6.92 Å². The summed E-state index contributed by atoms with van der Waals surface area (Å²) < 4.78 is 4.88. The number of carbonyl (C=O) groups excluding carboxylic acids is 1. The Balaban J connectivity index is 2.30. The summed E-state index contributed by atoms with van der Waals surface area (Å²) in [5.74, 6) is 0.452. The molecule has 1 aromatic carbocycles. The molecule has 0 bridgehead atoms. The summed E-state index contributed by atoms with van der Waals surface area (Å²) in [6, 6.07) is 8.75. The van der Waals surface area contributed by atoms with Gasteiger partial charge in [-0.3, -0.25) is 4.79 Å². The van der Waals surface area contributed by atoms with E-state index in [1.807, 2.05) is 0 Å². The van der Waals surface area contributed by atoms with Gasteiger partial charge in [-0.1, -0.05) is 29.4 Å². The zero-order chi connectivity index (χ0) is 11.5. The van der Waals surface area contributed by atoms with E-state index < -0.39 is 0 Å². The molecular weight excluding hydrogens is 206 g/mol. The number of aromatic nitrogens is 1. The van der Waals surface area contributed by atoms with Crippen molar-refractivity contribution in [3.8, 4) is 11.3 Å². The first kappa shape index (κ1) is 10.6. The smallest absolute Gasteiger partial charge is 0.162 e. The first-order valence-electron chi connectivity index (χ1n) is 4.88. The maximum atomic E-state index is 11.1. The van der Waals surface area contributed by atoms with Crippen LogP contribution in [0.1, 0.15) is 23.0 Å². The first-order valence-corrected chi connectivity index (χ1v) is 4.88. The molecule has 0 aliphatic rings. The number of carbonyl (C=O) groups is 1. The molecule has 0 atom stereocenters. The maximum absolute atomic E-state index is 11.1. The van der Waals surface area contributed by atoms with Crippen LogP contribution in [-0.2, 0) is 6.61 Å². The number of benzene rings is 1. The normalized spacial score (nSPS) is 10.4. The number of Topliss-reactive ketones (excluding diaryl/α,β-unsaturated/α-hetero) is 1. The number of hydrogen-bond donors (Lipinski definition) is 1. The van der Waals surface area contributed by atoms with Crippen molar-refractivity contribution < 1.29 is 14.4 Å². The van der Waals surface area contributed by atoms with Crippen LogP contribution < -0.4 is 0 Å². The predicted molar refractivity (Wildman–Crippen MR) is 57.9 cm³/mol. The quantitative estimate of drug-likeness (QED) is 0.799. The fraction of sp³-hybridized carbons (Fsp3) is 0.167. The number of nitrogens with zero attached hydrogens (tertiary/aromatic N) is 1. The molecule has 0 unspecified atom stereocenters. The number of ketones is 1. The SMILES string of the molecule is CC(=O)c1ccc(-c2cc(CO)on2)cc1. The zero-order valence-corrected chi connectivity index (χ0v) is 8.80. The van der Waals surface area contributed by atoms with Gasteiger partial charge in [0.05, 0.1) is 0 Å². The zero-order valence-electron chi connectivity index (χ0n) is 8.80. The Morgan fingerprint density at radius 3 is 2.56 bits per heavy atom.